The standard InChI is InChI=1S/C14H20N2O2/c1-3-12-8-7-10(2)16(12)9-11-5-4-6-13(15-11)14(17)18/h4-6,10,12H,3,7-9H2,1-2H3,(H,17,18). The minimum absolute atomic E-state index is 0.132. The molecule has 1 aromatic heterocycles. The average Bonchev–Trinajstić information content (AvgIpc) is 2.71. The number of likely N-dealkylation sites (tertiary alicyclic amines) is 1. The first-order valence-electron chi connectivity index (χ1n) is 6.56. The maximum absolute atomic E-state index is 10.9. The lowest BCUT2D eigenvalue weighted by Crippen LogP contribution is -2.33. The van der Waals surface area contributed by atoms with Gasteiger partial charge in [0, 0.05) is 18.6 Å². The van der Waals surface area contributed by atoms with Crippen LogP contribution in [0.4, 0.5) is 0 Å². The smallest absolute Gasteiger partial charge is 0.354 e. The Morgan fingerprint density at radius 1 is 1.50 bits per heavy atom. The fourth-order valence-corrected chi connectivity index (χ4v) is 2.72. The Hall–Kier alpha value is -1.42. The van der Waals surface area contributed by atoms with Crippen LogP contribution in [0.3, 0.4) is 0 Å². The van der Waals surface area contributed by atoms with Gasteiger partial charge in [-0.2, -0.15) is 0 Å². The van der Waals surface area contributed by atoms with Gasteiger partial charge in [-0.1, -0.05) is 13.0 Å². The highest BCUT2D eigenvalue weighted by atomic mass is 16.4. The van der Waals surface area contributed by atoms with Gasteiger partial charge in [-0.05, 0) is 38.3 Å². The van der Waals surface area contributed by atoms with Crippen LogP contribution in [-0.2, 0) is 6.54 Å². The van der Waals surface area contributed by atoms with Crippen LogP contribution in [0.5, 0.6) is 0 Å². The van der Waals surface area contributed by atoms with Crippen molar-refractivity contribution in [1.82, 2.24) is 9.88 Å². The Morgan fingerprint density at radius 3 is 2.94 bits per heavy atom. The number of aromatic carboxylic acids is 1. The van der Waals surface area contributed by atoms with Crippen LogP contribution in [0.1, 0.15) is 49.3 Å². The average molecular weight is 248 g/mol. The molecule has 2 atom stereocenters. The van der Waals surface area contributed by atoms with E-state index in [0.29, 0.717) is 12.1 Å². The van der Waals surface area contributed by atoms with Gasteiger partial charge in [0.25, 0.3) is 0 Å². The highest BCUT2D eigenvalue weighted by Gasteiger charge is 2.29. The van der Waals surface area contributed by atoms with Crippen molar-refractivity contribution in [3.63, 3.8) is 0 Å². The second-order valence-corrected chi connectivity index (χ2v) is 4.98. The fourth-order valence-electron chi connectivity index (χ4n) is 2.72. The van der Waals surface area contributed by atoms with Crippen molar-refractivity contribution in [2.24, 2.45) is 0 Å². The lowest BCUT2D eigenvalue weighted by molar-refractivity contribution is 0.0689. The first-order valence-corrected chi connectivity index (χ1v) is 6.56. The number of carbonyl (C=O) groups is 1. The summed E-state index contributed by atoms with van der Waals surface area (Å²) in [6.07, 6.45) is 3.59. The van der Waals surface area contributed by atoms with E-state index < -0.39 is 5.97 Å². The van der Waals surface area contributed by atoms with E-state index in [9.17, 15) is 4.79 Å². The zero-order chi connectivity index (χ0) is 13.1. The zero-order valence-electron chi connectivity index (χ0n) is 11.0. The Kier molecular flexibility index (Phi) is 3.97. The van der Waals surface area contributed by atoms with Gasteiger partial charge in [0.1, 0.15) is 5.69 Å². The van der Waals surface area contributed by atoms with E-state index in [4.69, 9.17) is 5.11 Å². The number of hydrogen-bond acceptors (Lipinski definition) is 3. The molecule has 4 nitrogen and oxygen atoms in total. The molecule has 2 heterocycles. The van der Waals surface area contributed by atoms with Crippen molar-refractivity contribution in [3.8, 4) is 0 Å². The number of nitrogens with zero attached hydrogens (tertiary/aromatic N) is 2. The number of pyridine rings is 1. The summed E-state index contributed by atoms with van der Waals surface area (Å²) in [5.41, 5.74) is 0.981. The molecule has 0 spiro atoms. The fraction of sp³-hybridized carbons (Fsp3) is 0.571. The molecule has 1 aromatic rings. The highest BCUT2D eigenvalue weighted by molar-refractivity contribution is 5.85. The molecule has 1 N–H and O–H groups in total. The topological polar surface area (TPSA) is 53.4 Å². The van der Waals surface area contributed by atoms with Gasteiger partial charge in [-0.15, -0.1) is 0 Å². The predicted octanol–water partition coefficient (Wildman–Crippen LogP) is 2.54. The lowest BCUT2D eigenvalue weighted by Gasteiger charge is -2.27. The normalized spacial score (nSPS) is 24.3. The van der Waals surface area contributed by atoms with E-state index in [1.165, 1.54) is 18.9 Å². The molecular weight excluding hydrogens is 228 g/mol. The summed E-state index contributed by atoms with van der Waals surface area (Å²) in [4.78, 5) is 17.5. The first kappa shape index (κ1) is 13.0. The van der Waals surface area contributed by atoms with Gasteiger partial charge in [-0.25, -0.2) is 9.78 Å². The number of hydrogen-bond donors (Lipinski definition) is 1. The summed E-state index contributed by atoms with van der Waals surface area (Å²) in [7, 11) is 0. The Balaban J connectivity index is 2.13. The molecule has 0 amide bonds. The summed E-state index contributed by atoms with van der Waals surface area (Å²) in [5.74, 6) is -0.960. The molecule has 0 aromatic carbocycles. The molecule has 1 saturated heterocycles. The summed E-state index contributed by atoms with van der Waals surface area (Å²) in [5, 5.41) is 8.94. The number of aromatic nitrogens is 1. The number of carboxylic acid groups (broad SMARTS) is 1. The van der Waals surface area contributed by atoms with Gasteiger partial charge in [-0.3, -0.25) is 4.90 Å². The van der Waals surface area contributed by atoms with E-state index >= 15 is 0 Å². The van der Waals surface area contributed by atoms with E-state index in [-0.39, 0.29) is 5.69 Å². The first-order chi connectivity index (χ1) is 8.61. The monoisotopic (exact) mass is 248 g/mol. The van der Waals surface area contributed by atoms with Crippen LogP contribution in [0.25, 0.3) is 0 Å². The van der Waals surface area contributed by atoms with Crippen LogP contribution in [0, 0.1) is 0 Å². The van der Waals surface area contributed by atoms with Crippen molar-refractivity contribution >= 4 is 5.97 Å². The molecule has 1 fully saturated rings. The Morgan fingerprint density at radius 2 is 2.28 bits per heavy atom. The largest absolute Gasteiger partial charge is 0.477 e. The molecule has 2 rings (SSSR count). The van der Waals surface area contributed by atoms with Gasteiger partial charge in [0.05, 0.1) is 5.69 Å². The predicted molar refractivity (Wildman–Crippen MR) is 69.5 cm³/mol. The minimum atomic E-state index is -0.960. The third-order valence-corrected chi connectivity index (χ3v) is 3.79. The third-order valence-electron chi connectivity index (χ3n) is 3.79. The second-order valence-electron chi connectivity index (χ2n) is 4.98. The SMILES string of the molecule is CCC1CCC(C)N1Cc1cccc(C(=O)O)n1. The number of rotatable bonds is 4. The lowest BCUT2D eigenvalue weighted by atomic mass is 10.1. The van der Waals surface area contributed by atoms with E-state index in [1.807, 2.05) is 6.07 Å². The molecule has 4 heteroatoms. The van der Waals surface area contributed by atoms with Gasteiger partial charge < -0.3 is 5.11 Å². The van der Waals surface area contributed by atoms with Crippen molar-refractivity contribution in [2.75, 3.05) is 0 Å². The van der Waals surface area contributed by atoms with Crippen LogP contribution < -0.4 is 0 Å². The molecule has 0 bridgehead atoms. The van der Waals surface area contributed by atoms with E-state index in [2.05, 4.69) is 23.7 Å². The van der Waals surface area contributed by atoms with Gasteiger partial charge in [0.2, 0.25) is 0 Å². The van der Waals surface area contributed by atoms with Crippen molar-refractivity contribution < 1.29 is 9.90 Å². The Bertz CT molecular complexity index is 434. The number of carboxylic acids is 1. The van der Waals surface area contributed by atoms with Gasteiger partial charge >= 0.3 is 5.97 Å². The summed E-state index contributed by atoms with van der Waals surface area (Å²) >= 11 is 0. The third kappa shape index (κ3) is 2.70. The van der Waals surface area contributed by atoms with Crippen molar-refractivity contribution in [3.05, 3.63) is 29.6 Å². The molecule has 2 unspecified atom stereocenters. The van der Waals surface area contributed by atoms with Crippen LogP contribution in [0.2, 0.25) is 0 Å². The van der Waals surface area contributed by atoms with Gasteiger partial charge in [0.15, 0.2) is 0 Å². The van der Waals surface area contributed by atoms with Crippen molar-refractivity contribution in [2.45, 2.75) is 51.7 Å². The van der Waals surface area contributed by atoms with E-state index in [1.54, 1.807) is 6.07 Å². The van der Waals surface area contributed by atoms with Crippen LogP contribution in [-0.4, -0.2) is 33.0 Å². The molecule has 98 valence electrons. The maximum atomic E-state index is 10.9. The highest BCUT2D eigenvalue weighted by Crippen LogP contribution is 2.27. The molecule has 1 aliphatic heterocycles. The minimum Gasteiger partial charge on any atom is -0.477 e. The van der Waals surface area contributed by atoms with Crippen LogP contribution >= 0.6 is 0 Å². The zero-order valence-corrected chi connectivity index (χ0v) is 11.0. The van der Waals surface area contributed by atoms with Crippen molar-refractivity contribution in [1.29, 1.82) is 0 Å². The molecule has 0 saturated carbocycles. The summed E-state index contributed by atoms with van der Waals surface area (Å²) in [6.45, 7) is 5.19. The summed E-state index contributed by atoms with van der Waals surface area (Å²) < 4.78 is 0. The van der Waals surface area contributed by atoms with Crippen LogP contribution in [0.15, 0.2) is 18.2 Å². The molecule has 1 aliphatic rings. The molecular formula is C14H20N2O2. The quantitative estimate of drug-likeness (QED) is 0.889. The maximum Gasteiger partial charge on any atom is 0.354 e. The van der Waals surface area contributed by atoms with E-state index in [0.717, 1.165) is 18.7 Å². The molecule has 0 radical (unpaired) electrons. The molecule has 0 aliphatic carbocycles. The Labute approximate surface area is 108 Å². The second kappa shape index (κ2) is 5.48. The molecule has 18 heavy (non-hydrogen) atoms. The summed E-state index contributed by atoms with van der Waals surface area (Å²) in [6, 6.07) is 6.38.